The largest absolute Gasteiger partial charge is 0.416 e. The molecule has 4 aromatic rings. The lowest BCUT2D eigenvalue weighted by Crippen LogP contribution is -2.34. The summed E-state index contributed by atoms with van der Waals surface area (Å²) in [4.78, 5) is 26.0. The maximum atomic E-state index is 13.7. The van der Waals surface area contributed by atoms with Crippen LogP contribution in [0.25, 0.3) is 11.1 Å². The van der Waals surface area contributed by atoms with Gasteiger partial charge in [0.2, 0.25) is 0 Å². The minimum atomic E-state index is -4.48. The van der Waals surface area contributed by atoms with E-state index in [0.717, 1.165) is 35.6 Å². The van der Waals surface area contributed by atoms with E-state index in [4.69, 9.17) is 11.6 Å². The van der Waals surface area contributed by atoms with Gasteiger partial charge >= 0.3 is 6.18 Å². The number of rotatable bonds is 5. The number of likely N-dealkylation sites (tertiary alicyclic amines) is 1. The van der Waals surface area contributed by atoms with Gasteiger partial charge in [0.1, 0.15) is 5.82 Å². The molecule has 10 heteroatoms. The molecule has 1 fully saturated rings. The fourth-order valence-corrected chi connectivity index (χ4v) is 5.85. The molecule has 1 unspecified atom stereocenters. The Bertz CT molecular complexity index is 1560. The van der Waals surface area contributed by atoms with Gasteiger partial charge < -0.3 is 15.1 Å². The third-order valence-electron chi connectivity index (χ3n) is 7.66. The lowest BCUT2D eigenvalue weighted by atomic mass is 10.0. The number of hydrogen-bond acceptors (Lipinski definition) is 5. The first kappa shape index (κ1) is 27.1. The van der Waals surface area contributed by atoms with Crippen molar-refractivity contribution in [2.45, 2.75) is 31.6 Å². The van der Waals surface area contributed by atoms with Gasteiger partial charge in [-0.25, -0.2) is 4.98 Å². The Kier molecular flexibility index (Phi) is 7.30. The number of carbonyl (C=O) groups is 1. The summed E-state index contributed by atoms with van der Waals surface area (Å²) < 4.78 is 41.1. The molecule has 210 valence electrons. The molecule has 0 spiro atoms. The Morgan fingerprint density at radius 3 is 2.61 bits per heavy atom. The first-order valence-corrected chi connectivity index (χ1v) is 13.8. The predicted octanol–water partition coefficient (Wildman–Crippen LogP) is 7.23. The summed E-state index contributed by atoms with van der Waals surface area (Å²) in [6.07, 6.45) is 2.63. The third-order valence-corrected chi connectivity index (χ3v) is 7.90. The van der Waals surface area contributed by atoms with Crippen LogP contribution < -0.4 is 10.2 Å². The summed E-state index contributed by atoms with van der Waals surface area (Å²) >= 11 is 6.07. The van der Waals surface area contributed by atoms with Crippen molar-refractivity contribution in [2.24, 2.45) is 0 Å². The van der Waals surface area contributed by atoms with Crippen LogP contribution in [0.5, 0.6) is 0 Å². The molecule has 6 rings (SSSR count). The SMILES string of the molecule is O=C(c1ccc(-c2cnc3c(c2)N(Cc2cc(Cl)ccc2C(F)(F)F)CCN3)cc1)N1CCCC1c1cccnc1. The molecule has 0 bridgehead atoms. The van der Waals surface area contributed by atoms with E-state index < -0.39 is 11.7 Å². The molecule has 1 N–H and O–H groups in total. The molecule has 0 radical (unpaired) electrons. The average molecular weight is 578 g/mol. The van der Waals surface area contributed by atoms with E-state index in [1.165, 1.54) is 12.1 Å². The summed E-state index contributed by atoms with van der Waals surface area (Å²) in [6, 6.07) is 16.9. The summed E-state index contributed by atoms with van der Waals surface area (Å²) in [5, 5.41) is 3.49. The Morgan fingerprint density at radius 1 is 1.02 bits per heavy atom. The zero-order valence-electron chi connectivity index (χ0n) is 22.0. The van der Waals surface area contributed by atoms with Gasteiger partial charge in [-0.1, -0.05) is 29.8 Å². The quantitative estimate of drug-likeness (QED) is 0.271. The number of anilines is 2. The van der Waals surface area contributed by atoms with Crippen LogP contribution in [-0.2, 0) is 12.7 Å². The van der Waals surface area contributed by atoms with Crippen LogP contribution in [0.3, 0.4) is 0 Å². The van der Waals surface area contributed by atoms with Crippen LogP contribution in [0.2, 0.25) is 5.02 Å². The van der Waals surface area contributed by atoms with Crippen molar-refractivity contribution in [3.63, 3.8) is 0 Å². The molecular formula is C31H27ClF3N5O. The second-order valence-corrected chi connectivity index (χ2v) is 10.7. The topological polar surface area (TPSA) is 61.4 Å². The van der Waals surface area contributed by atoms with E-state index in [9.17, 15) is 18.0 Å². The molecule has 1 amide bonds. The fraction of sp³-hybridized carbons (Fsp3) is 0.258. The van der Waals surface area contributed by atoms with E-state index in [1.807, 2.05) is 58.5 Å². The average Bonchev–Trinajstić information content (AvgIpc) is 3.47. The Hall–Kier alpha value is -4.11. The Labute approximate surface area is 240 Å². The lowest BCUT2D eigenvalue weighted by molar-refractivity contribution is -0.138. The summed E-state index contributed by atoms with van der Waals surface area (Å²) in [5.41, 5.74) is 3.40. The highest BCUT2D eigenvalue weighted by Gasteiger charge is 2.34. The molecule has 1 atom stereocenters. The number of pyridine rings is 2. The Balaban J connectivity index is 1.24. The van der Waals surface area contributed by atoms with Crippen LogP contribution in [0, 0.1) is 0 Å². The molecule has 2 aromatic carbocycles. The number of benzene rings is 2. The number of nitrogens with zero attached hydrogens (tertiary/aromatic N) is 4. The standard InChI is InChI=1S/C31H27ClF3N5O/c32-25-9-10-26(31(33,34)35)24(15-25)19-39-14-12-37-29-28(39)16-23(18-38-29)20-5-7-21(8-6-20)30(41)40-13-2-4-27(40)22-3-1-11-36-17-22/h1,3,5-11,15-18,27H,2,4,12-14,19H2,(H,37,38). The number of amides is 1. The van der Waals surface area contributed by atoms with Gasteiger partial charge in [-0.15, -0.1) is 0 Å². The second-order valence-electron chi connectivity index (χ2n) is 10.3. The van der Waals surface area contributed by atoms with Gasteiger partial charge in [-0.2, -0.15) is 13.2 Å². The zero-order chi connectivity index (χ0) is 28.6. The van der Waals surface area contributed by atoms with E-state index in [-0.39, 0.29) is 29.1 Å². The highest BCUT2D eigenvalue weighted by molar-refractivity contribution is 6.30. The fourth-order valence-electron chi connectivity index (χ4n) is 5.66. The van der Waals surface area contributed by atoms with Crippen LogP contribution in [0.15, 0.2) is 79.3 Å². The molecule has 0 aliphatic carbocycles. The molecule has 2 aliphatic heterocycles. The number of halogens is 4. The number of alkyl halides is 3. The maximum Gasteiger partial charge on any atom is 0.416 e. The van der Waals surface area contributed by atoms with Crippen molar-refractivity contribution in [1.29, 1.82) is 0 Å². The van der Waals surface area contributed by atoms with Crippen molar-refractivity contribution in [3.05, 3.63) is 107 Å². The molecular weight excluding hydrogens is 551 g/mol. The van der Waals surface area contributed by atoms with Gasteiger partial charge in [-0.3, -0.25) is 9.78 Å². The number of hydrogen-bond donors (Lipinski definition) is 1. The second kappa shape index (κ2) is 11.0. The normalized spacial score (nSPS) is 16.8. The van der Waals surface area contributed by atoms with Crippen molar-refractivity contribution < 1.29 is 18.0 Å². The summed E-state index contributed by atoms with van der Waals surface area (Å²) in [5.74, 6) is 0.585. The molecule has 6 nitrogen and oxygen atoms in total. The first-order chi connectivity index (χ1) is 19.8. The minimum absolute atomic E-state index is 0.0107. The van der Waals surface area contributed by atoms with Crippen LogP contribution in [0.4, 0.5) is 24.7 Å². The summed E-state index contributed by atoms with van der Waals surface area (Å²) in [7, 11) is 0. The predicted molar refractivity (Wildman–Crippen MR) is 153 cm³/mol. The smallest absolute Gasteiger partial charge is 0.367 e. The molecule has 0 saturated carbocycles. The van der Waals surface area contributed by atoms with Crippen molar-refractivity contribution in [2.75, 3.05) is 29.9 Å². The van der Waals surface area contributed by atoms with Crippen molar-refractivity contribution in [1.82, 2.24) is 14.9 Å². The van der Waals surface area contributed by atoms with Gasteiger partial charge in [0.15, 0.2) is 0 Å². The van der Waals surface area contributed by atoms with E-state index in [1.54, 1.807) is 12.4 Å². The first-order valence-electron chi connectivity index (χ1n) is 13.4. The maximum absolute atomic E-state index is 13.7. The number of fused-ring (bicyclic) bond motifs is 1. The number of nitrogens with one attached hydrogen (secondary N) is 1. The molecule has 2 aromatic heterocycles. The van der Waals surface area contributed by atoms with E-state index >= 15 is 0 Å². The summed E-state index contributed by atoms with van der Waals surface area (Å²) in [6.45, 7) is 1.79. The highest BCUT2D eigenvalue weighted by atomic mass is 35.5. The van der Waals surface area contributed by atoms with Gasteiger partial charge in [0.25, 0.3) is 5.91 Å². The number of carbonyl (C=O) groups excluding carboxylic acids is 1. The van der Waals surface area contributed by atoms with Crippen LogP contribution in [-0.4, -0.2) is 40.4 Å². The van der Waals surface area contributed by atoms with Gasteiger partial charge in [-0.05, 0) is 72.0 Å². The van der Waals surface area contributed by atoms with Crippen LogP contribution in [0.1, 0.15) is 45.9 Å². The Morgan fingerprint density at radius 2 is 1.85 bits per heavy atom. The molecule has 41 heavy (non-hydrogen) atoms. The monoisotopic (exact) mass is 577 g/mol. The minimum Gasteiger partial charge on any atom is -0.367 e. The third kappa shape index (κ3) is 5.59. The number of aromatic nitrogens is 2. The molecule has 1 saturated heterocycles. The van der Waals surface area contributed by atoms with E-state index in [2.05, 4.69) is 15.3 Å². The lowest BCUT2D eigenvalue weighted by Gasteiger charge is -2.32. The van der Waals surface area contributed by atoms with Gasteiger partial charge in [0, 0.05) is 60.9 Å². The van der Waals surface area contributed by atoms with Crippen molar-refractivity contribution in [3.8, 4) is 11.1 Å². The molecule has 4 heterocycles. The zero-order valence-corrected chi connectivity index (χ0v) is 22.8. The highest BCUT2D eigenvalue weighted by Crippen LogP contribution is 2.38. The van der Waals surface area contributed by atoms with Crippen molar-refractivity contribution >= 4 is 29.0 Å². The van der Waals surface area contributed by atoms with Gasteiger partial charge in [0.05, 0.1) is 17.3 Å². The van der Waals surface area contributed by atoms with Crippen LogP contribution >= 0.6 is 11.6 Å². The molecule has 2 aliphatic rings. The van der Waals surface area contributed by atoms with E-state index in [0.29, 0.717) is 36.7 Å².